The molecule has 0 spiro atoms. The molecule has 0 aliphatic heterocycles. The maximum absolute atomic E-state index is 4.95. The molecule has 0 aromatic carbocycles. The first-order valence-electron chi connectivity index (χ1n) is 4.02. The van der Waals surface area contributed by atoms with E-state index in [9.17, 15) is 0 Å². The molecule has 0 aliphatic carbocycles. The van der Waals surface area contributed by atoms with Crippen molar-refractivity contribution in [3.63, 3.8) is 0 Å². The van der Waals surface area contributed by atoms with Gasteiger partial charge in [-0.15, -0.1) is 5.10 Å². The number of hydrogen-bond donors (Lipinski definition) is 0. The normalized spacial score (nSPS) is 10.7. The average Bonchev–Trinajstić information content (AvgIpc) is 2.76. The van der Waals surface area contributed by atoms with Crippen LogP contribution in [-0.2, 0) is 11.9 Å². The van der Waals surface area contributed by atoms with E-state index in [1.807, 2.05) is 6.20 Å². The van der Waals surface area contributed by atoms with Crippen molar-refractivity contribution in [2.24, 2.45) is 0 Å². The Labute approximate surface area is 88.4 Å². The van der Waals surface area contributed by atoms with Crippen molar-refractivity contribution >= 4 is 15.9 Å². The molecule has 2 rings (SSSR count). The second-order valence-electron chi connectivity index (χ2n) is 2.78. The van der Waals surface area contributed by atoms with Crippen LogP contribution < -0.4 is 0 Å². The zero-order chi connectivity index (χ0) is 9.97. The highest BCUT2D eigenvalue weighted by Gasteiger charge is 2.05. The van der Waals surface area contributed by atoms with Crippen LogP contribution in [0.1, 0.15) is 17.4 Å². The lowest BCUT2D eigenvalue weighted by atomic mass is 10.5. The topological polar surface area (TPSA) is 69.6 Å². The third kappa shape index (κ3) is 1.98. The van der Waals surface area contributed by atoms with Crippen molar-refractivity contribution in [3.8, 4) is 0 Å². The molecular formula is C7H8BrN5O. The predicted molar refractivity (Wildman–Crippen MR) is 50.8 cm³/mol. The van der Waals surface area contributed by atoms with E-state index in [2.05, 4.69) is 36.4 Å². The van der Waals surface area contributed by atoms with E-state index in [0.717, 1.165) is 5.69 Å². The maximum atomic E-state index is 4.95. The van der Waals surface area contributed by atoms with E-state index in [1.165, 1.54) is 0 Å². The van der Waals surface area contributed by atoms with Crippen LogP contribution in [0.3, 0.4) is 0 Å². The largest absolute Gasteiger partial charge is 0.337 e. The lowest BCUT2D eigenvalue weighted by molar-refractivity contribution is 0.361. The summed E-state index contributed by atoms with van der Waals surface area (Å²) in [5, 5.41) is 12.2. The monoisotopic (exact) mass is 257 g/mol. The van der Waals surface area contributed by atoms with Gasteiger partial charge in [0.05, 0.1) is 5.69 Å². The highest BCUT2D eigenvalue weighted by molar-refractivity contribution is 9.08. The van der Waals surface area contributed by atoms with Gasteiger partial charge in [-0.05, 0) is 6.92 Å². The van der Waals surface area contributed by atoms with Crippen molar-refractivity contribution in [2.45, 2.75) is 18.8 Å². The van der Waals surface area contributed by atoms with Gasteiger partial charge in [0.1, 0.15) is 6.54 Å². The summed E-state index contributed by atoms with van der Waals surface area (Å²) in [4.78, 5) is 4.06. The number of alkyl halides is 1. The standard InChI is InChI=1S/C7H8BrN5O/c1-5-9-7(14-11-5)4-13-3-6(2-8)10-12-13/h3H,2,4H2,1H3. The molecule has 0 radical (unpaired) electrons. The molecule has 0 atom stereocenters. The fraction of sp³-hybridized carbons (Fsp3) is 0.429. The van der Waals surface area contributed by atoms with Gasteiger partial charge in [-0.3, -0.25) is 0 Å². The van der Waals surface area contributed by atoms with E-state index in [4.69, 9.17) is 4.52 Å². The SMILES string of the molecule is Cc1noc(Cn2cc(CBr)nn2)n1. The number of hydrogen-bond acceptors (Lipinski definition) is 5. The summed E-state index contributed by atoms with van der Waals surface area (Å²) in [6.45, 7) is 2.24. The molecule has 0 saturated carbocycles. The number of aryl methyl sites for hydroxylation is 1. The minimum absolute atomic E-state index is 0.459. The Morgan fingerprint density at radius 3 is 3.00 bits per heavy atom. The highest BCUT2D eigenvalue weighted by Crippen LogP contribution is 2.02. The molecule has 0 unspecified atom stereocenters. The zero-order valence-corrected chi connectivity index (χ0v) is 9.10. The molecule has 0 fully saturated rings. The second-order valence-corrected chi connectivity index (χ2v) is 3.34. The fourth-order valence-electron chi connectivity index (χ4n) is 1.02. The summed E-state index contributed by atoms with van der Waals surface area (Å²) < 4.78 is 6.61. The van der Waals surface area contributed by atoms with Crippen LogP contribution in [0, 0.1) is 6.92 Å². The van der Waals surface area contributed by atoms with Gasteiger partial charge in [0.25, 0.3) is 0 Å². The van der Waals surface area contributed by atoms with Gasteiger partial charge in [0.15, 0.2) is 5.82 Å². The van der Waals surface area contributed by atoms with E-state index in [0.29, 0.717) is 23.6 Å². The Kier molecular flexibility index (Phi) is 2.58. The summed E-state index contributed by atoms with van der Waals surface area (Å²) in [6, 6.07) is 0. The molecule has 0 saturated heterocycles. The van der Waals surface area contributed by atoms with Crippen molar-refractivity contribution in [3.05, 3.63) is 23.6 Å². The summed E-state index contributed by atoms with van der Waals surface area (Å²) in [7, 11) is 0. The van der Waals surface area contributed by atoms with Crippen LogP contribution in [0.15, 0.2) is 10.7 Å². The molecule has 6 nitrogen and oxygen atoms in total. The number of aromatic nitrogens is 5. The summed E-state index contributed by atoms with van der Waals surface area (Å²) in [5.74, 6) is 1.16. The van der Waals surface area contributed by atoms with Crippen molar-refractivity contribution in [1.82, 2.24) is 25.1 Å². The van der Waals surface area contributed by atoms with Gasteiger partial charge in [0.2, 0.25) is 5.89 Å². The Morgan fingerprint density at radius 2 is 2.43 bits per heavy atom. The van der Waals surface area contributed by atoms with E-state index in [1.54, 1.807) is 11.6 Å². The molecule has 2 heterocycles. The molecule has 7 heteroatoms. The molecule has 2 aromatic rings. The van der Waals surface area contributed by atoms with Crippen LogP contribution >= 0.6 is 15.9 Å². The smallest absolute Gasteiger partial charge is 0.248 e. The second kappa shape index (κ2) is 3.87. The Balaban J connectivity index is 2.10. The minimum atomic E-state index is 0.459. The quantitative estimate of drug-likeness (QED) is 0.765. The number of nitrogens with zero attached hydrogens (tertiary/aromatic N) is 5. The first kappa shape index (κ1) is 9.32. The van der Waals surface area contributed by atoms with E-state index in [-0.39, 0.29) is 0 Å². The third-order valence-corrected chi connectivity index (χ3v) is 2.16. The molecule has 2 aromatic heterocycles. The zero-order valence-electron chi connectivity index (χ0n) is 7.51. The summed E-state index contributed by atoms with van der Waals surface area (Å²) in [5.41, 5.74) is 0.876. The fourth-order valence-corrected chi connectivity index (χ4v) is 1.28. The van der Waals surface area contributed by atoms with Crippen LogP contribution in [0.25, 0.3) is 0 Å². The third-order valence-electron chi connectivity index (χ3n) is 1.59. The van der Waals surface area contributed by atoms with Crippen LogP contribution in [0.2, 0.25) is 0 Å². The van der Waals surface area contributed by atoms with Crippen LogP contribution in [0.4, 0.5) is 0 Å². The Bertz CT molecular complexity index is 423. The van der Waals surface area contributed by atoms with Crippen LogP contribution in [0.5, 0.6) is 0 Å². The first-order valence-corrected chi connectivity index (χ1v) is 5.14. The minimum Gasteiger partial charge on any atom is -0.337 e. The summed E-state index contributed by atoms with van der Waals surface area (Å²) in [6.07, 6.45) is 1.83. The molecule has 14 heavy (non-hydrogen) atoms. The molecule has 0 N–H and O–H groups in total. The summed E-state index contributed by atoms with van der Waals surface area (Å²) >= 11 is 3.29. The van der Waals surface area contributed by atoms with E-state index < -0.39 is 0 Å². The number of halogens is 1. The van der Waals surface area contributed by atoms with Gasteiger partial charge < -0.3 is 4.52 Å². The molecular weight excluding hydrogens is 250 g/mol. The predicted octanol–water partition coefficient (Wildman–Crippen LogP) is 0.913. The molecule has 74 valence electrons. The van der Waals surface area contributed by atoms with Gasteiger partial charge in [-0.25, -0.2) is 4.68 Å². The molecule has 0 bridgehead atoms. The lowest BCUT2D eigenvalue weighted by Gasteiger charge is -1.91. The van der Waals surface area contributed by atoms with Crippen molar-refractivity contribution in [1.29, 1.82) is 0 Å². The number of rotatable bonds is 3. The van der Waals surface area contributed by atoms with Crippen LogP contribution in [-0.4, -0.2) is 25.1 Å². The van der Waals surface area contributed by atoms with Gasteiger partial charge in [0, 0.05) is 11.5 Å². The highest BCUT2D eigenvalue weighted by atomic mass is 79.9. The van der Waals surface area contributed by atoms with Crippen molar-refractivity contribution in [2.75, 3.05) is 0 Å². The van der Waals surface area contributed by atoms with Gasteiger partial charge in [-0.1, -0.05) is 26.3 Å². The Morgan fingerprint density at radius 1 is 1.57 bits per heavy atom. The first-order chi connectivity index (χ1) is 6.78. The van der Waals surface area contributed by atoms with E-state index >= 15 is 0 Å². The molecule has 0 aliphatic rings. The average molecular weight is 258 g/mol. The Hall–Kier alpha value is -1.24. The maximum Gasteiger partial charge on any atom is 0.248 e. The van der Waals surface area contributed by atoms with Gasteiger partial charge in [-0.2, -0.15) is 4.98 Å². The molecule has 0 amide bonds. The van der Waals surface area contributed by atoms with Gasteiger partial charge >= 0.3 is 0 Å². The lowest BCUT2D eigenvalue weighted by Crippen LogP contribution is -2.00. The van der Waals surface area contributed by atoms with Crippen molar-refractivity contribution < 1.29 is 4.52 Å².